The van der Waals surface area contributed by atoms with Gasteiger partial charge in [0, 0.05) is 12.0 Å². The van der Waals surface area contributed by atoms with E-state index >= 15 is 0 Å². The molecule has 1 aliphatic rings. The van der Waals surface area contributed by atoms with Crippen molar-refractivity contribution < 1.29 is 5.11 Å². The van der Waals surface area contributed by atoms with Gasteiger partial charge in [-0.05, 0) is 19.3 Å². The molecule has 15 heavy (non-hydrogen) atoms. The van der Waals surface area contributed by atoms with E-state index in [1.165, 1.54) is 0 Å². The van der Waals surface area contributed by atoms with Gasteiger partial charge in [0.1, 0.15) is 0 Å². The highest BCUT2D eigenvalue weighted by molar-refractivity contribution is 5.10. The molecule has 0 aliphatic heterocycles. The fraction of sp³-hybridized carbons (Fsp3) is 0.800. The minimum Gasteiger partial charge on any atom is -0.396 e. The van der Waals surface area contributed by atoms with E-state index in [9.17, 15) is 5.11 Å². The van der Waals surface area contributed by atoms with Crippen LogP contribution in [0.5, 0.6) is 0 Å². The molecule has 0 amide bonds. The van der Waals surface area contributed by atoms with E-state index in [2.05, 4.69) is 17.2 Å². The number of hydrogen-bond acceptors (Lipinski definition) is 4. The lowest BCUT2D eigenvalue weighted by Gasteiger charge is -2.13. The number of aliphatic hydroxyl groups excluding tert-OH is 1. The Labute approximate surface area is 89.3 Å². The van der Waals surface area contributed by atoms with Gasteiger partial charge in [0.25, 0.3) is 0 Å². The fourth-order valence-corrected chi connectivity index (χ4v) is 1.90. The second-order valence-electron chi connectivity index (χ2n) is 4.36. The predicted molar refractivity (Wildman–Crippen MR) is 56.0 cm³/mol. The topological polar surface area (TPSA) is 77.0 Å². The molecule has 84 valence electrons. The van der Waals surface area contributed by atoms with Gasteiger partial charge in [-0.15, -0.1) is 5.10 Å². The third-order valence-corrected chi connectivity index (χ3v) is 3.22. The molecule has 1 heterocycles. The van der Waals surface area contributed by atoms with Crippen molar-refractivity contribution in [2.75, 3.05) is 6.61 Å². The summed E-state index contributed by atoms with van der Waals surface area (Å²) in [5, 5.41) is 17.4. The first-order valence-corrected chi connectivity index (χ1v) is 5.47. The van der Waals surface area contributed by atoms with Crippen molar-refractivity contribution in [3.8, 4) is 0 Å². The van der Waals surface area contributed by atoms with Crippen LogP contribution in [0.25, 0.3) is 0 Å². The zero-order valence-electron chi connectivity index (χ0n) is 9.11. The van der Waals surface area contributed by atoms with Crippen molar-refractivity contribution >= 4 is 0 Å². The van der Waals surface area contributed by atoms with Crippen molar-refractivity contribution in [3.05, 3.63) is 11.4 Å². The molecule has 5 heteroatoms. The summed E-state index contributed by atoms with van der Waals surface area (Å²) < 4.78 is 1.91. The minimum atomic E-state index is 0.0729. The van der Waals surface area contributed by atoms with Crippen LogP contribution in [-0.2, 0) is 19.5 Å². The van der Waals surface area contributed by atoms with Crippen molar-refractivity contribution in [2.45, 2.75) is 39.3 Å². The van der Waals surface area contributed by atoms with E-state index in [1.54, 1.807) is 0 Å². The van der Waals surface area contributed by atoms with E-state index in [0.717, 1.165) is 37.2 Å². The van der Waals surface area contributed by atoms with Gasteiger partial charge in [-0.1, -0.05) is 12.1 Å². The lowest BCUT2D eigenvalue weighted by atomic mass is 10.1. The zero-order chi connectivity index (χ0) is 10.9. The molecule has 1 aromatic rings. The molecule has 0 aromatic carbocycles. The van der Waals surface area contributed by atoms with Gasteiger partial charge < -0.3 is 10.8 Å². The number of aromatic nitrogens is 3. The highest BCUT2D eigenvalue weighted by atomic mass is 16.3. The molecule has 0 radical (unpaired) electrons. The molecular weight excluding hydrogens is 192 g/mol. The van der Waals surface area contributed by atoms with Crippen molar-refractivity contribution in [2.24, 2.45) is 11.1 Å². The van der Waals surface area contributed by atoms with Crippen LogP contribution in [0.2, 0.25) is 0 Å². The van der Waals surface area contributed by atoms with Crippen LogP contribution in [0.15, 0.2) is 0 Å². The molecule has 1 aliphatic carbocycles. The van der Waals surface area contributed by atoms with Crippen LogP contribution in [0.1, 0.15) is 31.2 Å². The molecule has 0 saturated heterocycles. The Bertz CT molecular complexity index is 343. The van der Waals surface area contributed by atoms with E-state index in [-0.39, 0.29) is 12.0 Å². The largest absolute Gasteiger partial charge is 0.396 e. The third-order valence-electron chi connectivity index (χ3n) is 3.22. The lowest BCUT2D eigenvalue weighted by Crippen LogP contribution is -2.18. The number of hydrogen-bond donors (Lipinski definition) is 2. The number of nitrogens with zero attached hydrogens (tertiary/aromatic N) is 3. The standard InChI is InChI=1S/C10H18N4O/c1-2-9-8(5-11)12-13-14(9)6-10(7-15)3-4-10/h15H,2-7,11H2,1H3. The maximum absolute atomic E-state index is 9.26. The first kappa shape index (κ1) is 10.6. The van der Waals surface area contributed by atoms with Crippen molar-refractivity contribution in [1.29, 1.82) is 0 Å². The molecule has 5 nitrogen and oxygen atoms in total. The summed E-state index contributed by atoms with van der Waals surface area (Å²) in [7, 11) is 0. The van der Waals surface area contributed by atoms with Crippen LogP contribution in [0.3, 0.4) is 0 Å². The van der Waals surface area contributed by atoms with Gasteiger partial charge in [0.2, 0.25) is 0 Å². The van der Waals surface area contributed by atoms with Crippen molar-refractivity contribution in [3.63, 3.8) is 0 Å². The van der Waals surface area contributed by atoms with Gasteiger partial charge in [0.15, 0.2) is 0 Å². The van der Waals surface area contributed by atoms with E-state index in [0.29, 0.717) is 6.54 Å². The normalized spacial score (nSPS) is 18.1. The fourth-order valence-electron chi connectivity index (χ4n) is 1.90. The van der Waals surface area contributed by atoms with Crippen LogP contribution >= 0.6 is 0 Å². The summed E-state index contributed by atoms with van der Waals surface area (Å²) in [6.45, 7) is 3.54. The van der Waals surface area contributed by atoms with E-state index in [1.807, 2.05) is 4.68 Å². The van der Waals surface area contributed by atoms with E-state index < -0.39 is 0 Å². The Morgan fingerprint density at radius 3 is 2.73 bits per heavy atom. The maximum Gasteiger partial charge on any atom is 0.0994 e. The first-order valence-electron chi connectivity index (χ1n) is 5.47. The van der Waals surface area contributed by atoms with Gasteiger partial charge in [-0.3, -0.25) is 0 Å². The summed E-state index contributed by atoms with van der Waals surface area (Å²) in [6.07, 6.45) is 3.07. The number of rotatable bonds is 5. The Morgan fingerprint density at radius 2 is 2.27 bits per heavy atom. The molecule has 3 N–H and O–H groups in total. The van der Waals surface area contributed by atoms with Gasteiger partial charge in [-0.2, -0.15) is 0 Å². The predicted octanol–water partition coefficient (Wildman–Crippen LogP) is 0.0717. The summed E-state index contributed by atoms with van der Waals surface area (Å²) >= 11 is 0. The summed E-state index contributed by atoms with van der Waals surface area (Å²) in [4.78, 5) is 0. The molecule has 0 atom stereocenters. The molecule has 0 bridgehead atoms. The Balaban J connectivity index is 2.17. The monoisotopic (exact) mass is 210 g/mol. The Morgan fingerprint density at radius 1 is 1.53 bits per heavy atom. The molecule has 0 spiro atoms. The maximum atomic E-state index is 9.26. The number of aliphatic hydroxyl groups is 1. The summed E-state index contributed by atoms with van der Waals surface area (Å²) in [6, 6.07) is 0. The third kappa shape index (κ3) is 1.89. The SMILES string of the molecule is CCc1c(CN)nnn1CC1(CO)CC1. The van der Waals surface area contributed by atoms with Crippen molar-refractivity contribution in [1.82, 2.24) is 15.0 Å². The lowest BCUT2D eigenvalue weighted by molar-refractivity contribution is 0.188. The van der Waals surface area contributed by atoms with Gasteiger partial charge in [-0.25, -0.2) is 4.68 Å². The van der Waals surface area contributed by atoms with Gasteiger partial charge >= 0.3 is 0 Å². The molecule has 1 saturated carbocycles. The first-order chi connectivity index (χ1) is 7.24. The van der Waals surface area contributed by atoms with Crippen LogP contribution in [0, 0.1) is 5.41 Å². The second kappa shape index (κ2) is 3.90. The second-order valence-corrected chi connectivity index (χ2v) is 4.36. The van der Waals surface area contributed by atoms with Crippen LogP contribution in [0.4, 0.5) is 0 Å². The quantitative estimate of drug-likeness (QED) is 0.721. The summed E-state index contributed by atoms with van der Waals surface area (Å²) in [5.74, 6) is 0. The smallest absolute Gasteiger partial charge is 0.0994 e. The highest BCUT2D eigenvalue weighted by Gasteiger charge is 2.43. The molecule has 2 rings (SSSR count). The van der Waals surface area contributed by atoms with Gasteiger partial charge in [0.05, 0.1) is 24.5 Å². The zero-order valence-corrected chi connectivity index (χ0v) is 9.11. The molecule has 1 fully saturated rings. The van der Waals surface area contributed by atoms with Crippen LogP contribution in [-0.4, -0.2) is 26.7 Å². The highest BCUT2D eigenvalue weighted by Crippen LogP contribution is 2.46. The molecular formula is C10H18N4O. The average Bonchev–Trinajstić information content (AvgIpc) is 2.92. The average molecular weight is 210 g/mol. The Hall–Kier alpha value is -0.940. The minimum absolute atomic E-state index is 0.0729. The molecule has 1 aromatic heterocycles. The number of nitrogens with two attached hydrogens (primary N) is 1. The molecule has 0 unspecified atom stereocenters. The summed E-state index contributed by atoms with van der Waals surface area (Å²) in [5.41, 5.74) is 7.65. The van der Waals surface area contributed by atoms with Crippen LogP contribution < -0.4 is 5.73 Å². The Kier molecular flexibility index (Phi) is 2.75. The van der Waals surface area contributed by atoms with E-state index in [4.69, 9.17) is 5.73 Å².